The number of nitrogens with two attached hydrogens (primary N) is 3. The Labute approximate surface area is 866 Å². The van der Waals surface area contributed by atoms with Gasteiger partial charge in [-0.05, 0) is 136 Å². The first-order chi connectivity index (χ1) is 70.8. The minimum absolute atomic E-state index is 0.00596. The Bertz CT molecular complexity index is 6400. The number of carbonyl (C=O) groups is 13. The number of rotatable bonds is 33. The van der Waals surface area contributed by atoms with Gasteiger partial charge in [0.2, 0.25) is 76.7 Å². The van der Waals surface area contributed by atoms with Crippen molar-refractivity contribution in [3.63, 3.8) is 0 Å². The number of amides is 11. The van der Waals surface area contributed by atoms with Crippen LogP contribution in [0.1, 0.15) is 155 Å². The van der Waals surface area contributed by atoms with Crippen LogP contribution in [-0.4, -0.2) is 282 Å². The number of β-lactam (4-membered cyclic amide) rings is 1. The first kappa shape index (κ1) is 111. The van der Waals surface area contributed by atoms with E-state index in [2.05, 4.69) is 73.0 Å². The zero-order valence-electron chi connectivity index (χ0n) is 80.5. The first-order valence-corrected chi connectivity index (χ1v) is 49.6. The number of likely N-dealkylation sites (N-methyl/N-ethyl adjacent to an activating group) is 1. The maximum atomic E-state index is 16.4. The number of nitrogens with zero attached hydrogens (tertiary/aromatic N) is 5. The summed E-state index contributed by atoms with van der Waals surface area (Å²) in [5.41, 5.74) is 13.3. The number of halogens is 2. The number of hydrogen-bond acceptors (Lipinski definition) is 38. The van der Waals surface area contributed by atoms with Crippen molar-refractivity contribution in [2.24, 2.45) is 22.5 Å². The number of carbonyl (C=O) groups excluding carboxylic acids is 11. The quantitative estimate of drug-likeness (QED) is 0.00778. The molecule has 0 spiro atoms. The Kier molecular flexibility index (Phi) is 35.5. The SMILES string of the molecule is CCO/N=C(\C(=O)N[C@@H]1C(=O)N2C(C(=O)O)=C(C[n+]3cccc(CNC(=O)CCCCC(=O)NCCNCc4c(O)cc5c(c4O)-c4cc(ccc4O)C4NC(=O)[C@@H]6NC(=O)[C@H](CC(N)=O)NC(=O)[C@H](NC(=O)[C@@H](CC(C)C)NC)[C@H](O)c7ccc(c(Cl)c7)Oc7cc6cc(c7O[C@@H]6O[C@H](CO)[C@@H](O)[C@H](O)[C@H]6O[C@H]6C[C@](C)(N)[C@H](O)[C@H](C)O6)Oc6ccc(cc6Cl)[C@@H](O)C(NC4=O)C(=O)N[C@@H]5C(=O)O)c3)CS[C@H]12)c1nsc(N)n1. The number of ether oxygens (including phenoxy) is 6. The highest BCUT2D eigenvalue weighted by Gasteiger charge is 2.57. The van der Waals surface area contributed by atoms with Gasteiger partial charge >= 0.3 is 11.9 Å². The van der Waals surface area contributed by atoms with Crippen LogP contribution < -0.4 is 94.5 Å². The summed E-state index contributed by atoms with van der Waals surface area (Å²) >= 11 is 16.4. The molecule has 11 heterocycles. The number of hydrogen-bond donors (Lipinski definition) is 25. The number of carboxylic acid groups (broad SMARTS) is 2. The van der Waals surface area contributed by atoms with Gasteiger partial charge < -0.3 is 165 Å². The average Bonchev–Trinajstić information content (AvgIpc) is 0.819. The first-order valence-electron chi connectivity index (χ1n) is 47.0. The molecule has 149 heavy (non-hydrogen) atoms. The lowest BCUT2D eigenvalue weighted by molar-refractivity contribution is -0.689. The summed E-state index contributed by atoms with van der Waals surface area (Å²) in [7, 11) is 1.46. The predicted molar refractivity (Wildman–Crippen MR) is 523 cm³/mol. The number of thioether (sulfide) groups is 1. The third-order valence-corrected chi connectivity index (χ3v) is 28.0. The molecule has 2 aromatic heterocycles. The van der Waals surface area contributed by atoms with E-state index in [0.717, 1.165) is 77.1 Å². The number of aliphatic hydroxyl groups excluding tert-OH is 6. The second-order valence-electron chi connectivity index (χ2n) is 36.8. The smallest absolute Gasteiger partial charge is 0.352 e. The van der Waals surface area contributed by atoms with Crippen LogP contribution in [0.3, 0.4) is 0 Å². The summed E-state index contributed by atoms with van der Waals surface area (Å²) in [6, 6.07) is -0.119. The number of nitrogen functional groups attached to an aromatic ring is 1. The molecule has 50 nitrogen and oxygen atoms in total. The van der Waals surface area contributed by atoms with Crippen LogP contribution in [0.4, 0.5) is 5.13 Å². The Balaban J connectivity index is 0.738. The highest BCUT2D eigenvalue weighted by molar-refractivity contribution is 8.00. The van der Waals surface area contributed by atoms with Gasteiger partial charge in [-0.3, -0.25) is 57.6 Å². The Morgan fingerprint density at radius 1 is 0.745 bits per heavy atom. The number of benzene rings is 5. The Morgan fingerprint density at radius 2 is 1.40 bits per heavy atom. The van der Waals surface area contributed by atoms with Crippen molar-refractivity contribution in [3.8, 4) is 57.1 Å². The summed E-state index contributed by atoms with van der Waals surface area (Å²) in [4.78, 5) is 196. The average molecular weight is 2150 g/mol. The molecule has 28 N–H and O–H groups in total. The fraction of sp³-hybridized carbons (Fsp3) is 0.442. The van der Waals surface area contributed by atoms with Gasteiger partial charge in [0.15, 0.2) is 54.0 Å². The van der Waals surface area contributed by atoms with Crippen molar-refractivity contribution >= 4 is 134 Å². The molecule has 2 unspecified atom stereocenters. The van der Waals surface area contributed by atoms with Gasteiger partial charge in [0.05, 0.1) is 46.9 Å². The molecule has 7 aromatic rings. The number of fused-ring (bicyclic) bond motifs is 16. The molecular weight excluding hydrogens is 2040 g/mol. The van der Waals surface area contributed by atoms with E-state index in [4.69, 9.17) is 73.7 Å². The van der Waals surface area contributed by atoms with Crippen molar-refractivity contribution in [2.75, 3.05) is 44.8 Å². The molecule has 16 rings (SSSR count). The van der Waals surface area contributed by atoms with Crippen molar-refractivity contribution in [2.45, 2.75) is 220 Å². The van der Waals surface area contributed by atoms with Gasteiger partial charge in [0.1, 0.15) is 113 Å². The fourth-order valence-electron chi connectivity index (χ4n) is 17.8. The van der Waals surface area contributed by atoms with Gasteiger partial charge in [-0.25, -0.2) is 14.2 Å². The van der Waals surface area contributed by atoms with Crippen LogP contribution >= 0.6 is 46.5 Å². The number of pyridine rings is 1. The van der Waals surface area contributed by atoms with Crippen molar-refractivity contribution in [1.29, 1.82) is 0 Å². The molecule has 3 saturated heterocycles. The van der Waals surface area contributed by atoms with Gasteiger partial charge in [0.25, 0.3) is 11.8 Å². The number of nitrogens with one attached hydrogen (secondary N) is 11. The van der Waals surface area contributed by atoms with E-state index in [1.807, 2.05) is 0 Å². The summed E-state index contributed by atoms with van der Waals surface area (Å²) in [6.45, 7) is 6.68. The molecule has 0 radical (unpaired) electrons. The molecule has 9 aliphatic heterocycles. The normalized spacial score (nSPS) is 25.7. The number of phenols is 3. The molecule has 0 aliphatic carbocycles. The largest absolute Gasteiger partial charge is 0.507 e. The topological polar surface area (TPSA) is 765 Å². The number of oxime groups is 1. The van der Waals surface area contributed by atoms with Crippen LogP contribution in [0, 0.1) is 5.92 Å². The van der Waals surface area contributed by atoms with Crippen LogP contribution in [-0.2, 0) is 101 Å². The second-order valence-corrected chi connectivity index (χ2v) is 39.5. The molecule has 54 heteroatoms. The van der Waals surface area contributed by atoms with Crippen molar-refractivity contribution in [3.05, 3.63) is 163 Å². The molecule has 11 amide bonds. The number of unbranched alkanes of at least 4 members (excludes halogenated alkanes) is 1. The van der Waals surface area contributed by atoms with E-state index in [1.54, 1.807) is 49.9 Å². The number of aromatic nitrogens is 3. The summed E-state index contributed by atoms with van der Waals surface area (Å²) in [5, 5.41) is 160. The molecule has 0 saturated carbocycles. The minimum Gasteiger partial charge on any atom is -0.507 e. The third-order valence-electron chi connectivity index (χ3n) is 25.5. The van der Waals surface area contributed by atoms with E-state index < -0.39 is 295 Å². The maximum Gasteiger partial charge on any atom is 0.352 e. The highest BCUT2D eigenvalue weighted by atomic mass is 35.5. The van der Waals surface area contributed by atoms with E-state index in [9.17, 15) is 94.5 Å². The second kappa shape index (κ2) is 47.8. The van der Waals surface area contributed by atoms with Gasteiger partial charge in [-0.15, -0.1) is 11.8 Å². The Morgan fingerprint density at radius 3 is 2.03 bits per heavy atom. The number of aromatic hydroxyl groups is 3. The lowest BCUT2D eigenvalue weighted by Gasteiger charge is -2.49. The Hall–Kier alpha value is -13.8. The fourth-order valence-corrected chi connectivity index (χ4v) is 20.1. The lowest BCUT2D eigenvalue weighted by atomic mass is 9.86. The van der Waals surface area contributed by atoms with Crippen molar-refractivity contribution in [1.82, 2.24) is 72.7 Å². The number of phenolic OH excluding ortho intramolecular Hbond substituents is 3. The van der Waals surface area contributed by atoms with Crippen LogP contribution in [0.25, 0.3) is 11.1 Å². The maximum absolute atomic E-state index is 16.4. The van der Waals surface area contributed by atoms with Gasteiger partial charge in [-0.2, -0.15) is 9.36 Å². The van der Waals surface area contributed by atoms with Gasteiger partial charge in [0, 0.05) is 102 Å². The number of primary amides is 1. The molecule has 3 fully saturated rings. The zero-order valence-corrected chi connectivity index (χ0v) is 83.7. The summed E-state index contributed by atoms with van der Waals surface area (Å²) in [6.07, 6.45) is -15.4. The van der Waals surface area contributed by atoms with E-state index >= 15 is 24.0 Å². The monoisotopic (exact) mass is 2150 g/mol. The molecular formula is C95H112Cl2N19O31S2+. The third kappa shape index (κ3) is 25.3. The number of carboxylic acids is 2. The number of anilines is 1. The standard InChI is InChI=1S/C95H111Cl2N19O31S2/c1-7-141-113-70(81-112-94(99)149-114-81)88(135)111-71-89(136)116-72(92(139)140)45(37-148-90(71)116)35-115-22-10-11-40(34-115)32-104-62(122)13-9-8-12-61(121)103-21-20-102-33-48-54(119)29-47-64(75(48)125)46-24-41(14-17-53(46)118)65-84(131)110-69(87(134)108-67(47)91(137)138)74(124)43-16-19-56(50(97)26-43)144-58-28-44-27-57(78(58)147-93-79(77(127)76(126)59(36-117)145-93)146-63-31-95(5,100)80(128)39(4)142-63)143-55-18-15-42(25-49(55)96)73(123)68(109-82(129)51(101-6)23-38(2)3)86(133)105-52(30-60(98)120)83(130)106-66(44)85(132)107-65/h10-11,14-19,22,24-29,34,38-39,51-52,59,63,65-69,71,73-74,76-77,79-80,90,93,101-102,117,123-124,126-128H,7-9,12-13,20-21,23,30-33,35-37,100H2,1-6H3,(H17-,98,99,103,104,105,106,107,108,109,110,111,112,113,114,118,119,120,121,122,125,129,130,131,132,133,134,135,137,138,139,140)/p+1/t39-,51+,52-,59+,63-,65?,66+,67-,68+,69?,71+,73+,74+,76+,77-,79+,80+,90+,93-,95-/m0/s1. The number of aliphatic carboxylic acids is 2. The summed E-state index contributed by atoms with van der Waals surface area (Å²) in [5.74, 6) is -20.7. The lowest BCUT2D eigenvalue weighted by Crippen LogP contribution is -2.71. The number of aliphatic hydroxyl groups is 6. The summed E-state index contributed by atoms with van der Waals surface area (Å²) < 4.78 is 44.4. The van der Waals surface area contributed by atoms with Crippen LogP contribution in [0.5, 0.6) is 46.0 Å². The predicted octanol–water partition coefficient (Wildman–Crippen LogP) is -0.911. The molecule has 20 atom stereocenters. The van der Waals surface area contributed by atoms with E-state index in [-0.39, 0.29) is 128 Å². The molecule has 798 valence electrons. The zero-order chi connectivity index (χ0) is 108. The molecule has 11 bridgehead atoms. The van der Waals surface area contributed by atoms with Gasteiger partial charge in [-0.1, -0.05) is 60.4 Å². The van der Waals surface area contributed by atoms with E-state index in [1.165, 1.54) is 44.8 Å². The highest BCUT2D eigenvalue weighted by Crippen LogP contribution is 2.52. The van der Waals surface area contributed by atoms with Crippen molar-refractivity contribution < 1.29 is 156 Å². The van der Waals surface area contributed by atoms with E-state index in [0.29, 0.717) is 11.1 Å². The minimum atomic E-state index is -2.44. The van der Waals surface area contributed by atoms with Crippen LogP contribution in [0.2, 0.25) is 10.0 Å². The molecule has 5 aromatic carbocycles. The molecule has 9 aliphatic rings. The van der Waals surface area contributed by atoms with Crippen LogP contribution in [0.15, 0.2) is 114 Å².